The zero-order valence-electron chi connectivity index (χ0n) is 13.0. The van der Waals surface area contributed by atoms with Crippen LogP contribution in [0.1, 0.15) is 57.9 Å². The molecule has 1 N–H and O–H groups in total. The number of nitrogens with one attached hydrogen (secondary N) is 1. The van der Waals surface area contributed by atoms with Crippen molar-refractivity contribution in [1.29, 1.82) is 0 Å². The maximum absolute atomic E-state index is 12.2. The van der Waals surface area contributed by atoms with Crippen molar-refractivity contribution in [3.05, 3.63) is 30.0 Å². The monoisotopic (exact) mass is 285 g/mol. The molecule has 0 aliphatic heterocycles. The number of amides is 1. The van der Waals surface area contributed by atoms with Gasteiger partial charge in [-0.3, -0.25) is 4.79 Å². The Hall–Kier alpha value is -1.84. The summed E-state index contributed by atoms with van der Waals surface area (Å²) >= 11 is 0. The summed E-state index contributed by atoms with van der Waals surface area (Å²) in [4.78, 5) is 12.2. The lowest BCUT2D eigenvalue weighted by molar-refractivity contribution is -0.117. The summed E-state index contributed by atoms with van der Waals surface area (Å²) in [5, 5.41) is 7.61. The minimum absolute atomic E-state index is 0.0140. The van der Waals surface area contributed by atoms with Crippen LogP contribution in [0, 0.1) is 5.41 Å². The van der Waals surface area contributed by atoms with E-state index in [9.17, 15) is 4.79 Å². The van der Waals surface area contributed by atoms with Crippen molar-refractivity contribution in [3.63, 3.8) is 0 Å². The second-order valence-corrected chi connectivity index (χ2v) is 7.21. The predicted molar refractivity (Wildman–Crippen MR) is 84.5 cm³/mol. The van der Waals surface area contributed by atoms with Crippen LogP contribution in [0.3, 0.4) is 0 Å². The minimum Gasteiger partial charge on any atom is -0.309 e. The first kappa shape index (κ1) is 14.1. The molecule has 21 heavy (non-hydrogen) atoms. The summed E-state index contributed by atoms with van der Waals surface area (Å²) in [6.45, 7) is 6.22. The third-order valence-corrected chi connectivity index (χ3v) is 4.04. The van der Waals surface area contributed by atoms with Gasteiger partial charge in [-0.15, -0.1) is 5.10 Å². The van der Waals surface area contributed by atoms with Gasteiger partial charge in [-0.1, -0.05) is 33.3 Å². The van der Waals surface area contributed by atoms with Crippen LogP contribution in [0.25, 0.3) is 5.52 Å². The molecule has 1 aliphatic rings. The summed E-state index contributed by atoms with van der Waals surface area (Å²) < 4.78 is 1.88. The lowest BCUT2D eigenvalue weighted by Crippen LogP contribution is -2.21. The van der Waals surface area contributed by atoms with E-state index in [1.54, 1.807) is 0 Å². The van der Waals surface area contributed by atoms with Crippen molar-refractivity contribution in [2.45, 2.75) is 52.4 Å². The molecule has 2 aromatic heterocycles. The standard InChI is InChI=1S/C17H23N3O/c1-17(2,3)11-14(21)18-16-15(12-7-6-8-12)13-9-4-5-10-20(13)19-16/h4-5,9-10,12H,6-8,11H2,1-3H3,(H,18,19,21). The number of hydrogen-bond donors (Lipinski definition) is 1. The summed E-state index contributed by atoms with van der Waals surface area (Å²) in [6.07, 6.45) is 6.10. The first-order valence-corrected chi connectivity index (χ1v) is 7.71. The second kappa shape index (κ2) is 5.17. The number of carbonyl (C=O) groups excluding carboxylic acids is 1. The number of hydrogen-bond acceptors (Lipinski definition) is 2. The fourth-order valence-electron chi connectivity index (χ4n) is 2.87. The maximum atomic E-state index is 12.2. The molecule has 1 amide bonds. The van der Waals surface area contributed by atoms with Gasteiger partial charge in [0.1, 0.15) is 0 Å². The van der Waals surface area contributed by atoms with Gasteiger partial charge in [0.05, 0.1) is 5.52 Å². The Balaban J connectivity index is 1.92. The number of aromatic nitrogens is 2. The fourth-order valence-corrected chi connectivity index (χ4v) is 2.87. The largest absolute Gasteiger partial charge is 0.309 e. The molecule has 2 heterocycles. The number of pyridine rings is 1. The van der Waals surface area contributed by atoms with Gasteiger partial charge < -0.3 is 5.32 Å². The molecular weight excluding hydrogens is 262 g/mol. The highest BCUT2D eigenvalue weighted by molar-refractivity contribution is 5.92. The van der Waals surface area contributed by atoms with Crippen molar-refractivity contribution < 1.29 is 4.79 Å². The van der Waals surface area contributed by atoms with Crippen molar-refractivity contribution >= 4 is 17.2 Å². The summed E-state index contributed by atoms with van der Waals surface area (Å²) in [6, 6.07) is 6.07. The molecule has 0 radical (unpaired) electrons. The molecule has 0 spiro atoms. The molecule has 1 saturated carbocycles. The van der Waals surface area contributed by atoms with E-state index in [-0.39, 0.29) is 11.3 Å². The van der Waals surface area contributed by atoms with Crippen LogP contribution in [0.4, 0.5) is 5.82 Å². The van der Waals surface area contributed by atoms with E-state index in [1.165, 1.54) is 24.8 Å². The van der Waals surface area contributed by atoms with Crippen LogP contribution < -0.4 is 5.32 Å². The third kappa shape index (κ3) is 2.94. The lowest BCUT2D eigenvalue weighted by atomic mass is 9.80. The van der Waals surface area contributed by atoms with Gasteiger partial charge in [0, 0.05) is 18.2 Å². The van der Waals surface area contributed by atoms with Gasteiger partial charge >= 0.3 is 0 Å². The van der Waals surface area contributed by atoms with Crippen LogP contribution in [0.5, 0.6) is 0 Å². The van der Waals surface area contributed by atoms with Crippen molar-refractivity contribution in [3.8, 4) is 0 Å². The first-order valence-electron chi connectivity index (χ1n) is 7.71. The van der Waals surface area contributed by atoms with E-state index in [1.807, 2.05) is 22.8 Å². The van der Waals surface area contributed by atoms with E-state index in [0.29, 0.717) is 12.3 Å². The van der Waals surface area contributed by atoms with E-state index in [0.717, 1.165) is 11.3 Å². The molecule has 0 saturated heterocycles. The highest BCUT2D eigenvalue weighted by Gasteiger charge is 2.28. The Kier molecular flexibility index (Phi) is 3.47. The molecule has 0 bridgehead atoms. The van der Waals surface area contributed by atoms with Crippen molar-refractivity contribution in [1.82, 2.24) is 9.61 Å². The Morgan fingerprint density at radius 2 is 2.14 bits per heavy atom. The minimum atomic E-state index is -0.0140. The highest BCUT2D eigenvalue weighted by Crippen LogP contribution is 2.42. The number of rotatable bonds is 3. The number of fused-ring (bicyclic) bond motifs is 1. The molecule has 2 aromatic rings. The Morgan fingerprint density at radius 1 is 1.38 bits per heavy atom. The molecule has 1 fully saturated rings. The van der Waals surface area contributed by atoms with Crippen LogP contribution in [0.2, 0.25) is 0 Å². The predicted octanol–water partition coefficient (Wildman–Crippen LogP) is 3.98. The van der Waals surface area contributed by atoms with Gasteiger partial charge in [0.15, 0.2) is 5.82 Å². The number of anilines is 1. The summed E-state index contributed by atoms with van der Waals surface area (Å²) in [5.41, 5.74) is 2.32. The smallest absolute Gasteiger partial charge is 0.226 e. The summed E-state index contributed by atoms with van der Waals surface area (Å²) in [7, 11) is 0. The van der Waals surface area contributed by atoms with Gasteiger partial charge in [0.25, 0.3) is 0 Å². The van der Waals surface area contributed by atoms with E-state index in [2.05, 4.69) is 37.3 Å². The average molecular weight is 285 g/mol. The Morgan fingerprint density at radius 3 is 2.76 bits per heavy atom. The molecule has 4 heteroatoms. The van der Waals surface area contributed by atoms with Crippen LogP contribution in [0.15, 0.2) is 24.4 Å². The topological polar surface area (TPSA) is 46.4 Å². The molecule has 4 nitrogen and oxygen atoms in total. The van der Waals surface area contributed by atoms with Crippen molar-refractivity contribution in [2.24, 2.45) is 5.41 Å². The third-order valence-electron chi connectivity index (χ3n) is 4.04. The quantitative estimate of drug-likeness (QED) is 0.927. The molecule has 0 atom stereocenters. The van der Waals surface area contributed by atoms with Gasteiger partial charge in [-0.25, -0.2) is 4.52 Å². The average Bonchev–Trinajstić information content (AvgIpc) is 2.63. The number of carbonyl (C=O) groups is 1. The molecule has 112 valence electrons. The molecule has 3 rings (SSSR count). The molecular formula is C17H23N3O. The Bertz CT molecular complexity index is 662. The van der Waals surface area contributed by atoms with Gasteiger partial charge in [-0.2, -0.15) is 0 Å². The zero-order valence-corrected chi connectivity index (χ0v) is 13.0. The van der Waals surface area contributed by atoms with Gasteiger partial charge in [-0.05, 0) is 36.3 Å². The SMILES string of the molecule is CC(C)(C)CC(=O)Nc1nn2ccccc2c1C1CCC1. The van der Waals surface area contributed by atoms with Crippen LogP contribution in [-0.4, -0.2) is 15.5 Å². The zero-order chi connectivity index (χ0) is 15.0. The lowest BCUT2D eigenvalue weighted by Gasteiger charge is -2.26. The van der Waals surface area contributed by atoms with Gasteiger partial charge in [0.2, 0.25) is 5.91 Å². The molecule has 1 aliphatic carbocycles. The van der Waals surface area contributed by atoms with Crippen LogP contribution in [-0.2, 0) is 4.79 Å². The molecule has 0 aromatic carbocycles. The summed E-state index contributed by atoms with van der Waals surface area (Å²) in [5.74, 6) is 1.33. The maximum Gasteiger partial charge on any atom is 0.226 e. The highest BCUT2D eigenvalue weighted by atomic mass is 16.1. The molecule has 0 unspecified atom stereocenters. The van der Waals surface area contributed by atoms with Crippen molar-refractivity contribution in [2.75, 3.05) is 5.32 Å². The Labute approximate surface area is 125 Å². The van der Waals surface area contributed by atoms with E-state index >= 15 is 0 Å². The fraction of sp³-hybridized carbons (Fsp3) is 0.529. The normalized spacial score (nSPS) is 16.0. The second-order valence-electron chi connectivity index (χ2n) is 7.21. The van der Waals surface area contributed by atoms with E-state index < -0.39 is 0 Å². The van der Waals surface area contributed by atoms with E-state index in [4.69, 9.17) is 0 Å². The number of nitrogens with zero attached hydrogens (tertiary/aromatic N) is 2. The van der Waals surface area contributed by atoms with Crippen LogP contribution >= 0.6 is 0 Å². The first-order chi connectivity index (χ1) is 9.94.